The molecule has 0 atom stereocenters. The molecule has 10 nitrogen and oxygen atoms in total. The molecule has 2 aliphatic rings. The van der Waals surface area contributed by atoms with Crippen LogP contribution in [0.2, 0.25) is 0 Å². The van der Waals surface area contributed by atoms with Gasteiger partial charge in [-0.2, -0.15) is 0 Å². The van der Waals surface area contributed by atoms with Crippen LogP contribution in [-0.4, -0.2) is 106 Å². The third-order valence-corrected chi connectivity index (χ3v) is 9.32. The number of amides is 2. The second-order valence-electron chi connectivity index (χ2n) is 11.2. The highest BCUT2D eigenvalue weighted by Crippen LogP contribution is 2.36. The molecule has 0 bridgehead atoms. The zero-order valence-corrected chi connectivity index (χ0v) is 27.5. The first-order chi connectivity index (χ1) is 23.1. The number of thioether (sulfide) groups is 1. The second-order valence-corrected chi connectivity index (χ2v) is 12.8. The van der Waals surface area contributed by atoms with E-state index in [4.69, 9.17) is 22.1 Å². The summed E-state index contributed by atoms with van der Waals surface area (Å²) in [6.45, 7) is 5.29. The number of hydrogen-bond acceptors (Lipinski definition) is 9. The summed E-state index contributed by atoms with van der Waals surface area (Å²) in [5, 5.41) is 20.9. The van der Waals surface area contributed by atoms with Crippen molar-refractivity contribution in [1.82, 2.24) is 14.7 Å². The number of ether oxygens (including phenoxy) is 1. The lowest BCUT2D eigenvalue weighted by Crippen LogP contribution is -2.48. The average Bonchev–Trinajstić information content (AvgIpc) is 3.34. The van der Waals surface area contributed by atoms with Crippen LogP contribution in [0.1, 0.15) is 22.3 Å². The minimum absolute atomic E-state index is 0.0326. The van der Waals surface area contributed by atoms with E-state index in [1.807, 2.05) is 0 Å². The van der Waals surface area contributed by atoms with E-state index in [0.717, 1.165) is 50.1 Å². The maximum Gasteiger partial charge on any atom is 0.335 e. The van der Waals surface area contributed by atoms with Crippen molar-refractivity contribution in [1.29, 1.82) is 0 Å². The van der Waals surface area contributed by atoms with Crippen molar-refractivity contribution >= 4 is 57.8 Å². The number of anilines is 1. The molecule has 252 valence electrons. The Bertz CT molecular complexity index is 1710. The number of benzene rings is 3. The fraction of sp³-hybridized carbons (Fsp3) is 0.294. The summed E-state index contributed by atoms with van der Waals surface area (Å²) in [6, 6.07) is 14.6. The van der Waals surface area contributed by atoms with Crippen molar-refractivity contribution in [2.75, 3.05) is 64.3 Å². The van der Waals surface area contributed by atoms with Crippen LogP contribution in [0.5, 0.6) is 5.75 Å². The van der Waals surface area contributed by atoms with Crippen LogP contribution >= 0.6 is 24.0 Å². The van der Waals surface area contributed by atoms with Crippen molar-refractivity contribution in [3.05, 3.63) is 88.3 Å². The van der Waals surface area contributed by atoms with Crippen molar-refractivity contribution in [2.24, 2.45) is 0 Å². The molecule has 3 N–H and O–H groups in total. The minimum atomic E-state index is -1.07. The maximum absolute atomic E-state index is 14.1. The number of nitrogens with zero attached hydrogens (tertiary/aromatic N) is 3. The van der Waals surface area contributed by atoms with Crippen LogP contribution in [0.25, 0.3) is 17.2 Å². The predicted molar refractivity (Wildman–Crippen MR) is 184 cm³/mol. The smallest absolute Gasteiger partial charge is 0.335 e. The average molecular weight is 697 g/mol. The fourth-order valence-electron chi connectivity index (χ4n) is 5.28. The molecule has 2 aliphatic heterocycles. The molecular formula is C34H34F2N4O6S2. The van der Waals surface area contributed by atoms with Gasteiger partial charge in [0.05, 0.1) is 17.1 Å². The summed E-state index contributed by atoms with van der Waals surface area (Å²) in [7, 11) is 0. The molecule has 0 unspecified atom stereocenters. The van der Waals surface area contributed by atoms with E-state index < -0.39 is 17.6 Å². The quantitative estimate of drug-likeness (QED) is 0.173. The number of piperazine rings is 1. The number of carboxylic acid groups (broad SMARTS) is 1. The lowest BCUT2D eigenvalue weighted by molar-refractivity contribution is -0.122. The molecule has 0 radical (unpaired) electrons. The van der Waals surface area contributed by atoms with Gasteiger partial charge in [-0.05, 0) is 65.7 Å². The molecular weight excluding hydrogens is 663 g/mol. The van der Waals surface area contributed by atoms with Gasteiger partial charge in [0, 0.05) is 63.5 Å². The first-order valence-corrected chi connectivity index (χ1v) is 16.5. The first-order valence-electron chi connectivity index (χ1n) is 15.3. The van der Waals surface area contributed by atoms with Crippen LogP contribution in [0, 0.1) is 11.6 Å². The Hall–Kier alpha value is -4.21. The lowest BCUT2D eigenvalue weighted by Gasteiger charge is -2.34. The number of carbonyl (C=O) groups is 3. The Labute approximate surface area is 286 Å². The number of halogens is 2. The van der Waals surface area contributed by atoms with Crippen LogP contribution in [0.4, 0.5) is 14.5 Å². The lowest BCUT2D eigenvalue weighted by atomic mass is 10.0. The van der Waals surface area contributed by atoms with E-state index in [-0.39, 0.29) is 41.3 Å². The normalized spacial score (nSPS) is 16.5. The number of aliphatic hydroxyl groups excluding tert-OH is 1. The Morgan fingerprint density at radius 1 is 0.917 bits per heavy atom. The second kappa shape index (κ2) is 16.3. The van der Waals surface area contributed by atoms with E-state index in [1.165, 1.54) is 35.2 Å². The molecule has 0 aliphatic carbocycles. The van der Waals surface area contributed by atoms with Crippen LogP contribution < -0.4 is 10.1 Å². The fourth-order valence-corrected chi connectivity index (χ4v) is 6.58. The molecule has 48 heavy (non-hydrogen) atoms. The van der Waals surface area contributed by atoms with Crippen molar-refractivity contribution in [3.63, 3.8) is 0 Å². The molecule has 0 saturated carbocycles. The Kier molecular flexibility index (Phi) is 11.9. The van der Waals surface area contributed by atoms with Gasteiger partial charge in [0.15, 0.2) is 11.6 Å². The summed E-state index contributed by atoms with van der Waals surface area (Å²) < 4.78 is 34.2. The predicted octanol–water partition coefficient (Wildman–Crippen LogP) is 4.55. The summed E-state index contributed by atoms with van der Waals surface area (Å²) in [5.74, 6) is -3.26. The van der Waals surface area contributed by atoms with Crippen molar-refractivity contribution in [3.8, 4) is 16.9 Å². The van der Waals surface area contributed by atoms with Gasteiger partial charge in [-0.1, -0.05) is 36.1 Å². The van der Waals surface area contributed by atoms with Gasteiger partial charge >= 0.3 is 5.97 Å². The van der Waals surface area contributed by atoms with Crippen LogP contribution in [0.3, 0.4) is 0 Å². The molecule has 2 fully saturated rings. The largest absolute Gasteiger partial charge is 0.492 e. The van der Waals surface area contributed by atoms with E-state index in [2.05, 4.69) is 15.1 Å². The SMILES string of the molecule is O=C(CCN1C(=O)/C(=C/c2cc(-c3ccc(F)c(F)c3)ccc2OCCN2CCN(CCO)CC2)SC1=S)Nc1ccc(C(=O)O)cc1. The summed E-state index contributed by atoms with van der Waals surface area (Å²) in [4.78, 5) is 43.2. The Morgan fingerprint density at radius 2 is 1.58 bits per heavy atom. The van der Waals surface area contributed by atoms with Gasteiger partial charge in [-0.3, -0.25) is 24.3 Å². The van der Waals surface area contributed by atoms with Gasteiger partial charge in [0.1, 0.15) is 16.7 Å². The first kappa shape index (κ1) is 35.1. The standard InChI is InChI=1S/C34H34F2N4O6S2/c35-27-7-3-24(20-28(27)36)23-4-8-29(46-18-16-39-13-11-38(12-14-39)15-17-41)25(19-23)21-30-32(43)40(34(47)48-30)10-9-31(42)37-26-5-1-22(2-6-26)33(44)45/h1-8,19-21,41H,9-18H2,(H,37,42)(H,44,45)/b30-21-. The number of carboxylic acids is 1. The number of rotatable bonds is 13. The third-order valence-electron chi connectivity index (χ3n) is 7.95. The highest BCUT2D eigenvalue weighted by molar-refractivity contribution is 8.26. The maximum atomic E-state index is 14.1. The number of thiocarbonyl (C=S) groups is 1. The molecule has 2 saturated heterocycles. The molecule has 0 spiro atoms. The highest BCUT2D eigenvalue weighted by Gasteiger charge is 2.32. The zero-order chi connectivity index (χ0) is 34.2. The summed E-state index contributed by atoms with van der Waals surface area (Å²) in [6.07, 6.45) is 1.60. The van der Waals surface area contributed by atoms with Gasteiger partial charge < -0.3 is 20.3 Å². The number of aliphatic hydroxyl groups is 1. The third kappa shape index (κ3) is 9.02. The molecule has 5 rings (SSSR count). The van der Waals surface area contributed by atoms with Gasteiger partial charge in [0.2, 0.25) is 5.91 Å². The van der Waals surface area contributed by atoms with Gasteiger partial charge in [-0.15, -0.1) is 0 Å². The molecule has 2 heterocycles. The number of carbonyl (C=O) groups excluding carboxylic acids is 2. The molecule has 14 heteroatoms. The van der Waals surface area contributed by atoms with E-state index in [9.17, 15) is 28.3 Å². The van der Waals surface area contributed by atoms with Crippen molar-refractivity contribution in [2.45, 2.75) is 6.42 Å². The van der Waals surface area contributed by atoms with E-state index >= 15 is 0 Å². The topological polar surface area (TPSA) is 123 Å². The van der Waals surface area contributed by atoms with Gasteiger partial charge in [0.25, 0.3) is 5.91 Å². The van der Waals surface area contributed by atoms with Crippen LogP contribution in [0.15, 0.2) is 65.6 Å². The van der Waals surface area contributed by atoms with E-state index in [1.54, 1.807) is 24.3 Å². The zero-order valence-electron chi connectivity index (χ0n) is 25.9. The number of hydrogen-bond donors (Lipinski definition) is 3. The Morgan fingerprint density at radius 3 is 2.25 bits per heavy atom. The number of β-amino-alcohol motifs (C(OH)–C–C–N with tert-alkyl or cyclic N) is 1. The summed E-state index contributed by atoms with van der Waals surface area (Å²) in [5.41, 5.74) is 2.11. The number of aromatic carboxylic acids is 1. The summed E-state index contributed by atoms with van der Waals surface area (Å²) >= 11 is 6.56. The minimum Gasteiger partial charge on any atom is -0.492 e. The van der Waals surface area contributed by atoms with Gasteiger partial charge in [-0.25, -0.2) is 13.6 Å². The molecule has 3 aromatic rings. The molecule has 2 amide bonds. The van der Waals surface area contributed by atoms with E-state index in [0.29, 0.717) is 52.7 Å². The molecule has 0 aromatic heterocycles. The Balaban J connectivity index is 1.28. The monoisotopic (exact) mass is 696 g/mol. The highest BCUT2D eigenvalue weighted by atomic mass is 32.2. The van der Waals surface area contributed by atoms with Crippen molar-refractivity contribution < 1.29 is 38.1 Å². The van der Waals surface area contributed by atoms with Crippen LogP contribution in [-0.2, 0) is 9.59 Å². The molecule has 3 aromatic carbocycles. The number of nitrogens with one attached hydrogen (secondary N) is 1.